The molecule has 2 rings (SSSR count). The molecule has 0 aromatic carbocycles. The van der Waals surface area contributed by atoms with Crippen LogP contribution in [0.2, 0.25) is 0 Å². The number of hydrogen-bond acceptors (Lipinski definition) is 4. The Balaban J connectivity index is 1.98. The summed E-state index contributed by atoms with van der Waals surface area (Å²) in [5.41, 5.74) is -0.938. The van der Waals surface area contributed by atoms with E-state index >= 15 is 0 Å². The third-order valence-corrected chi connectivity index (χ3v) is 4.21. The summed E-state index contributed by atoms with van der Waals surface area (Å²) in [6, 6.07) is -1.61. The maximum absolute atomic E-state index is 12.3. The molecule has 8 heteroatoms. The maximum Gasteiger partial charge on any atom is 0.326 e. The standard InChI is InChI=1S/C14H21N3O5/c1-3-4-9(11(19)20)15-10(18)7-17-12(21)14(2,8-5-6-8)16-13(17)22/h8-9H,3-7H2,1-2H3,(H,15,18)(H,16,22)(H,19,20). The summed E-state index contributed by atoms with van der Waals surface area (Å²) in [5, 5.41) is 14.0. The Labute approximate surface area is 128 Å². The van der Waals surface area contributed by atoms with Gasteiger partial charge in [-0.3, -0.25) is 14.5 Å². The van der Waals surface area contributed by atoms with Crippen molar-refractivity contribution in [1.29, 1.82) is 0 Å². The smallest absolute Gasteiger partial charge is 0.326 e. The van der Waals surface area contributed by atoms with Gasteiger partial charge in [-0.25, -0.2) is 9.59 Å². The fraction of sp³-hybridized carbons (Fsp3) is 0.714. The highest BCUT2D eigenvalue weighted by atomic mass is 16.4. The van der Waals surface area contributed by atoms with Gasteiger partial charge in [-0.2, -0.15) is 0 Å². The molecule has 1 aliphatic carbocycles. The van der Waals surface area contributed by atoms with Crippen molar-refractivity contribution in [3.8, 4) is 0 Å². The lowest BCUT2D eigenvalue weighted by atomic mass is 9.96. The number of nitrogens with zero attached hydrogens (tertiary/aromatic N) is 1. The van der Waals surface area contributed by atoms with Crippen LogP contribution in [0.3, 0.4) is 0 Å². The predicted octanol–water partition coefficient (Wildman–Crippen LogP) is 0.0764. The van der Waals surface area contributed by atoms with Crippen LogP contribution in [0.25, 0.3) is 0 Å². The number of nitrogens with one attached hydrogen (secondary N) is 2. The number of carboxylic acids is 1. The van der Waals surface area contributed by atoms with Gasteiger partial charge in [0.05, 0.1) is 0 Å². The second-order valence-electron chi connectivity index (χ2n) is 6.05. The number of carbonyl (C=O) groups excluding carboxylic acids is 3. The van der Waals surface area contributed by atoms with Crippen LogP contribution in [-0.2, 0) is 14.4 Å². The summed E-state index contributed by atoms with van der Waals surface area (Å²) in [6.07, 6.45) is 2.64. The molecule has 1 saturated carbocycles. The average molecular weight is 311 g/mol. The summed E-state index contributed by atoms with van der Waals surface area (Å²) >= 11 is 0. The number of imide groups is 1. The number of urea groups is 1. The SMILES string of the molecule is CCCC(NC(=O)CN1C(=O)NC(C)(C2CC2)C1=O)C(=O)O. The van der Waals surface area contributed by atoms with Gasteiger partial charge in [0.15, 0.2) is 0 Å². The molecule has 1 heterocycles. The second-order valence-corrected chi connectivity index (χ2v) is 6.05. The molecule has 3 N–H and O–H groups in total. The molecule has 0 aromatic heterocycles. The number of hydrogen-bond donors (Lipinski definition) is 3. The summed E-state index contributed by atoms with van der Waals surface area (Å²) in [6.45, 7) is 3.01. The molecule has 2 aliphatic rings. The average Bonchev–Trinajstić information content (AvgIpc) is 3.25. The molecule has 122 valence electrons. The first-order chi connectivity index (χ1) is 10.3. The molecule has 0 spiro atoms. The molecular weight excluding hydrogens is 290 g/mol. The highest BCUT2D eigenvalue weighted by Gasteiger charge is 2.56. The summed E-state index contributed by atoms with van der Waals surface area (Å²) in [5.74, 6) is -2.08. The quantitative estimate of drug-likeness (QED) is 0.576. The van der Waals surface area contributed by atoms with E-state index in [9.17, 15) is 19.2 Å². The Morgan fingerprint density at radius 2 is 2.09 bits per heavy atom. The van der Waals surface area contributed by atoms with Crippen LogP contribution < -0.4 is 10.6 Å². The second kappa shape index (κ2) is 5.94. The fourth-order valence-corrected chi connectivity index (χ4v) is 2.73. The largest absolute Gasteiger partial charge is 0.480 e. The van der Waals surface area contributed by atoms with Crippen molar-refractivity contribution in [2.75, 3.05) is 6.54 Å². The molecule has 2 fully saturated rings. The van der Waals surface area contributed by atoms with Crippen LogP contribution in [0, 0.1) is 5.92 Å². The first-order valence-electron chi connectivity index (χ1n) is 7.45. The lowest BCUT2D eigenvalue weighted by molar-refractivity contribution is -0.142. The number of rotatable bonds is 7. The molecule has 2 unspecified atom stereocenters. The van der Waals surface area contributed by atoms with Gasteiger partial charge < -0.3 is 15.7 Å². The Hall–Kier alpha value is -2.12. The number of carboxylic acid groups (broad SMARTS) is 1. The van der Waals surface area contributed by atoms with Crippen molar-refractivity contribution in [2.45, 2.75) is 51.1 Å². The van der Waals surface area contributed by atoms with Crippen molar-refractivity contribution < 1.29 is 24.3 Å². The van der Waals surface area contributed by atoms with Crippen molar-refractivity contribution in [2.24, 2.45) is 5.92 Å². The molecule has 22 heavy (non-hydrogen) atoms. The van der Waals surface area contributed by atoms with E-state index < -0.39 is 41.9 Å². The van der Waals surface area contributed by atoms with Gasteiger partial charge in [0.2, 0.25) is 5.91 Å². The third-order valence-electron chi connectivity index (χ3n) is 4.21. The molecule has 8 nitrogen and oxygen atoms in total. The van der Waals surface area contributed by atoms with Crippen LogP contribution in [-0.4, -0.2) is 51.9 Å². The highest BCUT2D eigenvalue weighted by molar-refractivity contribution is 6.09. The van der Waals surface area contributed by atoms with Crippen molar-refractivity contribution in [3.63, 3.8) is 0 Å². The van der Waals surface area contributed by atoms with E-state index in [1.54, 1.807) is 13.8 Å². The van der Waals surface area contributed by atoms with E-state index in [-0.39, 0.29) is 5.92 Å². The Morgan fingerprint density at radius 3 is 2.59 bits per heavy atom. The minimum absolute atomic E-state index is 0.115. The number of amides is 4. The minimum atomic E-state index is -1.13. The van der Waals surface area contributed by atoms with Crippen LogP contribution in [0.5, 0.6) is 0 Å². The van der Waals surface area contributed by atoms with E-state index in [0.717, 1.165) is 17.7 Å². The monoisotopic (exact) mass is 311 g/mol. The zero-order valence-corrected chi connectivity index (χ0v) is 12.7. The van der Waals surface area contributed by atoms with Crippen molar-refractivity contribution in [1.82, 2.24) is 15.5 Å². The van der Waals surface area contributed by atoms with Crippen LogP contribution in [0.15, 0.2) is 0 Å². The molecule has 1 saturated heterocycles. The molecule has 2 atom stereocenters. The van der Waals surface area contributed by atoms with Gasteiger partial charge >= 0.3 is 12.0 Å². The zero-order chi connectivity index (χ0) is 16.5. The lowest BCUT2D eigenvalue weighted by Crippen LogP contribution is -2.48. The van der Waals surface area contributed by atoms with Crippen molar-refractivity contribution in [3.05, 3.63) is 0 Å². The van der Waals surface area contributed by atoms with Gasteiger partial charge in [-0.1, -0.05) is 13.3 Å². The summed E-state index contributed by atoms with van der Waals surface area (Å²) in [4.78, 5) is 48.1. The molecule has 4 amide bonds. The van der Waals surface area contributed by atoms with Crippen LogP contribution in [0.4, 0.5) is 4.79 Å². The van der Waals surface area contributed by atoms with Gasteiger partial charge in [-0.05, 0) is 32.1 Å². The summed E-state index contributed by atoms with van der Waals surface area (Å²) < 4.78 is 0. The summed E-state index contributed by atoms with van der Waals surface area (Å²) in [7, 11) is 0. The van der Waals surface area contributed by atoms with Gasteiger partial charge in [0.1, 0.15) is 18.1 Å². The topological polar surface area (TPSA) is 116 Å². The highest BCUT2D eigenvalue weighted by Crippen LogP contribution is 2.42. The molecule has 0 radical (unpaired) electrons. The van der Waals surface area contributed by atoms with E-state index in [4.69, 9.17) is 5.11 Å². The lowest BCUT2D eigenvalue weighted by Gasteiger charge is -2.21. The predicted molar refractivity (Wildman–Crippen MR) is 75.8 cm³/mol. The fourth-order valence-electron chi connectivity index (χ4n) is 2.73. The first kappa shape index (κ1) is 16.3. The Bertz CT molecular complexity index is 517. The minimum Gasteiger partial charge on any atom is -0.480 e. The third kappa shape index (κ3) is 3.05. The van der Waals surface area contributed by atoms with Gasteiger partial charge in [0.25, 0.3) is 5.91 Å². The first-order valence-corrected chi connectivity index (χ1v) is 7.45. The zero-order valence-electron chi connectivity index (χ0n) is 12.7. The Morgan fingerprint density at radius 1 is 1.45 bits per heavy atom. The Kier molecular flexibility index (Phi) is 4.39. The van der Waals surface area contributed by atoms with E-state index in [1.807, 2.05) is 0 Å². The molecule has 0 aromatic rings. The van der Waals surface area contributed by atoms with Gasteiger partial charge in [0, 0.05) is 0 Å². The van der Waals surface area contributed by atoms with Gasteiger partial charge in [-0.15, -0.1) is 0 Å². The van der Waals surface area contributed by atoms with Crippen LogP contribution >= 0.6 is 0 Å². The number of carbonyl (C=O) groups is 4. The van der Waals surface area contributed by atoms with E-state index in [0.29, 0.717) is 12.8 Å². The molecule has 1 aliphatic heterocycles. The normalized spacial score (nSPS) is 25.8. The molecule has 0 bridgehead atoms. The number of aliphatic carboxylic acids is 1. The molecular formula is C14H21N3O5. The van der Waals surface area contributed by atoms with Crippen molar-refractivity contribution >= 4 is 23.8 Å². The van der Waals surface area contributed by atoms with E-state index in [2.05, 4.69) is 10.6 Å². The van der Waals surface area contributed by atoms with E-state index in [1.165, 1.54) is 0 Å². The van der Waals surface area contributed by atoms with Crippen LogP contribution in [0.1, 0.15) is 39.5 Å². The maximum atomic E-state index is 12.3.